The molecule has 4 aromatic rings. The van der Waals surface area contributed by atoms with Crippen molar-refractivity contribution in [3.8, 4) is 39.4 Å². The van der Waals surface area contributed by atoms with Gasteiger partial charge in [0.2, 0.25) is 0 Å². The molecule has 46 heavy (non-hydrogen) atoms. The fraction of sp³-hybridized carbons (Fsp3) is 0.419. The summed E-state index contributed by atoms with van der Waals surface area (Å²) in [5.74, 6) is 2.13. The Bertz CT molecular complexity index is 1760. The smallest absolute Gasteiger partial charge is 0.0992 e. The molecule has 8 unspecified atom stereocenters. The number of morpholine rings is 1. The molecule has 5 fully saturated rings. The highest BCUT2D eigenvalue weighted by molar-refractivity contribution is 5.77. The third-order valence-corrected chi connectivity index (χ3v) is 12.4. The van der Waals surface area contributed by atoms with Crippen LogP contribution in [0.15, 0.2) is 97.1 Å². The molecular formula is C43H44N2O. The van der Waals surface area contributed by atoms with Crippen LogP contribution in [0.25, 0.3) is 33.4 Å². The van der Waals surface area contributed by atoms with Crippen LogP contribution in [0.3, 0.4) is 0 Å². The van der Waals surface area contributed by atoms with Crippen molar-refractivity contribution in [3.63, 3.8) is 0 Å². The standard InChI is InChI=1S/C43H44N2O/c44-27-28-21-34(31-19-17-30(18-20-31)29-9-2-1-3-10-29)24-35(22-28)32-11-8-12-33(23-32)36-25-38-37-13-4-5-14-39(37)45-40-15-6-7-16-41(40)46-42(26-36)43(38)45/h1-3,8-12,17-24,36-43H,4-7,13-16,25-26H2. The summed E-state index contributed by atoms with van der Waals surface area (Å²) in [5.41, 5.74) is 9.13. The molecule has 3 saturated carbocycles. The number of nitrogens with zero attached hydrogens (tertiary/aromatic N) is 2. The van der Waals surface area contributed by atoms with Gasteiger partial charge in [0.25, 0.3) is 0 Å². The number of ether oxygens (including phenoxy) is 1. The SMILES string of the molecule is N#Cc1cc(-c2ccc(-c3ccccc3)cc2)cc(-c2cccc(C3CC4OC5CCCCC5N5C6CCCCC6C(C3)C45)c2)c1. The van der Waals surface area contributed by atoms with Gasteiger partial charge in [-0.25, -0.2) is 0 Å². The van der Waals surface area contributed by atoms with Crippen molar-refractivity contribution < 1.29 is 4.74 Å². The van der Waals surface area contributed by atoms with Gasteiger partial charge in [-0.15, -0.1) is 0 Å². The molecule has 9 rings (SSSR count). The number of fused-ring (bicyclic) bond motifs is 5. The van der Waals surface area contributed by atoms with E-state index >= 15 is 0 Å². The summed E-state index contributed by atoms with van der Waals surface area (Å²) in [5, 5.41) is 10.0. The van der Waals surface area contributed by atoms with Crippen LogP contribution in [0.2, 0.25) is 0 Å². The molecule has 0 amide bonds. The Kier molecular flexibility index (Phi) is 7.33. The summed E-state index contributed by atoms with van der Waals surface area (Å²) in [7, 11) is 0. The summed E-state index contributed by atoms with van der Waals surface area (Å²) in [6, 6.07) is 39.4. The first-order chi connectivity index (χ1) is 22.7. The maximum Gasteiger partial charge on any atom is 0.0992 e. The largest absolute Gasteiger partial charge is 0.372 e. The summed E-state index contributed by atoms with van der Waals surface area (Å²) in [4.78, 5) is 3.07. The van der Waals surface area contributed by atoms with E-state index < -0.39 is 0 Å². The Morgan fingerprint density at radius 3 is 2.04 bits per heavy atom. The van der Waals surface area contributed by atoms with Crippen LogP contribution in [-0.4, -0.2) is 35.2 Å². The van der Waals surface area contributed by atoms with Crippen molar-refractivity contribution in [3.05, 3.63) is 108 Å². The Morgan fingerprint density at radius 1 is 0.565 bits per heavy atom. The lowest BCUT2D eigenvalue weighted by atomic mass is 9.67. The van der Waals surface area contributed by atoms with E-state index in [0.29, 0.717) is 35.8 Å². The first-order valence-corrected chi connectivity index (χ1v) is 18.0. The van der Waals surface area contributed by atoms with Gasteiger partial charge < -0.3 is 4.74 Å². The fourth-order valence-electron chi connectivity index (χ4n) is 10.5. The molecule has 0 radical (unpaired) electrons. The average Bonchev–Trinajstić information content (AvgIpc) is 3.47. The fourth-order valence-corrected chi connectivity index (χ4v) is 10.5. The molecule has 4 aromatic carbocycles. The molecule has 2 saturated heterocycles. The van der Waals surface area contributed by atoms with E-state index in [1.165, 1.54) is 80.0 Å². The molecular weight excluding hydrogens is 560 g/mol. The molecule has 0 spiro atoms. The van der Waals surface area contributed by atoms with Crippen LogP contribution in [0.1, 0.15) is 81.3 Å². The molecule has 8 atom stereocenters. The summed E-state index contributed by atoms with van der Waals surface area (Å²) >= 11 is 0. The highest BCUT2D eigenvalue weighted by Crippen LogP contribution is 2.57. The van der Waals surface area contributed by atoms with Crippen LogP contribution in [-0.2, 0) is 4.74 Å². The van der Waals surface area contributed by atoms with Crippen LogP contribution in [0, 0.1) is 23.2 Å². The van der Waals surface area contributed by atoms with E-state index in [0.717, 1.165) is 41.0 Å². The van der Waals surface area contributed by atoms with Gasteiger partial charge in [0.1, 0.15) is 0 Å². The summed E-state index contributed by atoms with van der Waals surface area (Å²) < 4.78 is 7.10. The minimum atomic E-state index is 0.365. The monoisotopic (exact) mass is 604 g/mol. The maximum absolute atomic E-state index is 10.0. The Morgan fingerprint density at radius 2 is 1.24 bits per heavy atom. The second-order valence-electron chi connectivity index (χ2n) is 14.8. The van der Waals surface area contributed by atoms with E-state index in [1.54, 1.807) is 0 Å². The quantitative estimate of drug-likeness (QED) is 0.233. The number of hydrogen-bond acceptors (Lipinski definition) is 3. The van der Waals surface area contributed by atoms with Crippen molar-refractivity contribution in [2.75, 3.05) is 0 Å². The minimum absolute atomic E-state index is 0.365. The molecule has 0 N–H and O–H groups in total. The molecule has 0 bridgehead atoms. The molecule has 232 valence electrons. The van der Waals surface area contributed by atoms with Crippen molar-refractivity contribution in [1.82, 2.24) is 4.90 Å². The summed E-state index contributed by atoms with van der Waals surface area (Å²) in [6.45, 7) is 0. The number of hydrogen-bond donors (Lipinski definition) is 0. The lowest BCUT2D eigenvalue weighted by molar-refractivity contribution is -0.179. The third-order valence-electron chi connectivity index (χ3n) is 12.4. The minimum Gasteiger partial charge on any atom is -0.372 e. The Balaban J connectivity index is 1.02. The average molecular weight is 605 g/mol. The summed E-state index contributed by atoms with van der Waals surface area (Å²) in [6.07, 6.45) is 14.2. The zero-order valence-corrected chi connectivity index (χ0v) is 26.7. The van der Waals surface area contributed by atoms with Crippen molar-refractivity contribution in [1.29, 1.82) is 5.26 Å². The van der Waals surface area contributed by atoms with E-state index in [2.05, 4.69) is 102 Å². The van der Waals surface area contributed by atoms with Crippen LogP contribution in [0.4, 0.5) is 0 Å². The van der Waals surface area contributed by atoms with E-state index in [4.69, 9.17) is 4.74 Å². The van der Waals surface area contributed by atoms with Gasteiger partial charge in [-0.05, 0) is 113 Å². The van der Waals surface area contributed by atoms with Gasteiger partial charge in [-0.3, -0.25) is 4.90 Å². The molecule has 5 aliphatic rings. The third kappa shape index (κ3) is 4.93. The number of nitriles is 1. The van der Waals surface area contributed by atoms with E-state index in [-0.39, 0.29) is 0 Å². The van der Waals surface area contributed by atoms with Crippen LogP contribution >= 0.6 is 0 Å². The maximum atomic E-state index is 10.0. The van der Waals surface area contributed by atoms with Gasteiger partial charge >= 0.3 is 0 Å². The topological polar surface area (TPSA) is 36.3 Å². The molecule has 2 heterocycles. The van der Waals surface area contributed by atoms with E-state index in [1.807, 2.05) is 6.07 Å². The molecule has 3 nitrogen and oxygen atoms in total. The normalized spacial score (nSPS) is 31.7. The Labute approximate surface area is 274 Å². The zero-order valence-electron chi connectivity index (χ0n) is 26.7. The molecule has 2 aliphatic heterocycles. The van der Waals surface area contributed by atoms with E-state index in [9.17, 15) is 5.26 Å². The second kappa shape index (κ2) is 11.8. The molecule has 3 aliphatic carbocycles. The first-order valence-electron chi connectivity index (χ1n) is 18.0. The van der Waals surface area contributed by atoms with Crippen molar-refractivity contribution in [2.24, 2.45) is 11.8 Å². The number of benzene rings is 4. The van der Waals surface area contributed by atoms with Crippen LogP contribution in [0.5, 0.6) is 0 Å². The van der Waals surface area contributed by atoms with Crippen molar-refractivity contribution in [2.45, 2.75) is 100 Å². The zero-order chi connectivity index (χ0) is 30.6. The van der Waals surface area contributed by atoms with Gasteiger partial charge in [0.15, 0.2) is 0 Å². The van der Waals surface area contributed by atoms with Gasteiger partial charge in [-0.2, -0.15) is 5.26 Å². The highest BCUT2D eigenvalue weighted by atomic mass is 16.5. The Hall–Kier alpha value is -3.71. The lowest BCUT2D eigenvalue weighted by Gasteiger charge is -2.54. The molecule has 3 heteroatoms. The predicted octanol–water partition coefficient (Wildman–Crippen LogP) is 10.0. The van der Waals surface area contributed by atoms with Gasteiger partial charge in [0.05, 0.1) is 23.8 Å². The predicted molar refractivity (Wildman–Crippen MR) is 185 cm³/mol. The second-order valence-corrected chi connectivity index (χ2v) is 14.8. The van der Waals surface area contributed by atoms with Gasteiger partial charge in [-0.1, -0.05) is 105 Å². The highest BCUT2D eigenvalue weighted by Gasteiger charge is 2.60. The van der Waals surface area contributed by atoms with Gasteiger partial charge in [0, 0.05) is 18.1 Å². The first kappa shape index (κ1) is 28.5. The molecule has 0 aromatic heterocycles. The number of rotatable bonds is 4. The lowest BCUT2D eigenvalue weighted by Crippen LogP contribution is -2.63. The van der Waals surface area contributed by atoms with Crippen molar-refractivity contribution >= 4 is 0 Å². The van der Waals surface area contributed by atoms with Crippen LogP contribution < -0.4 is 0 Å².